The first-order chi connectivity index (χ1) is 9.41. The van der Waals surface area contributed by atoms with Gasteiger partial charge in [0.1, 0.15) is 5.75 Å². The van der Waals surface area contributed by atoms with Gasteiger partial charge in [-0.15, -0.1) is 0 Å². The summed E-state index contributed by atoms with van der Waals surface area (Å²) in [6.45, 7) is 0. The Kier molecular flexibility index (Phi) is 3.17. The first-order valence-electron chi connectivity index (χ1n) is 6.27. The van der Waals surface area contributed by atoms with Gasteiger partial charge in [-0.1, -0.05) is 11.6 Å². The Labute approximate surface area is 122 Å². The summed E-state index contributed by atoms with van der Waals surface area (Å²) < 4.78 is 28.5. The number of fused-ring (bicyclic) bond motifs is 1. The van der Waals surface area contributed by atoms with Crippen LogP contribution in [0.3, 0.4) is 0 Å². The summed E-state index contributed by atoms with van der Waals surface area (Å²) >= 11 is 6.07. The zero-order chi connectivity index (χ0) is 14.5. The Hall–Kier alpha value is -1.27. The van der Waals surface area contributed by atoms with Gasteiger partial charge in [-0.05, 0) is 18.2 Å². The van der Waals surface area contributed by atoms with E-state index in [2.05, 4.69) is 0 Å². The van der Waals surface area contributed by atoms with Crippen molar-refractivity contribution < 1.29 is 17.9 Å². The maximum absolute atomic E-state index is 12.1. The fourth-order valence-electron chi connectivity index (χ4n) is 3.03. The molecule has 5 nitrogen and oxygen atoms in total. The van der Waals surface area contributed by atoms with Gasteiger partial charge in [0.25, 0.3) is 0 Å². The van der Waals surface area contributed by atoms with E-state index < -0.39 is 9.84 Å². The SMILES string of the molecule is COc1ccc(N2C(=O)C[C@H]3CS(=O)(=O)C[C@H]32)cc1Cl. The lowest BCUT2D eigenvalue weighted by Gasteiger charge is -2.23. The third kappa shape index (κ3) is 2.16. The molecule has 0 aliphatic carbocycles. The van der Waals surface area contributed by atoms with E-state index in [0.29, 0.717) is 16.5 Å². The van der Waals surface area contributed by atoms with Crippen LogP contribution in [0.15, 0.2) is 18.2 Å². The number of carbonyl (C=O) groups is 1. The van der Waals surface area contributed by atoms with E-state index >= 15 is 0 Å². The number of carbonyl (C=O) groups excluding carboxylic acids is 1. The maximum Gasteiger partial charge on any atom is 0.227 e. The molecule has 0 radical (unpaired) electrons. The minimum atomic E-state index is -3.04. The molecule has 2 saturated heterocycles. The second-order valence-corrected chi connectivity index (χ2v) is 7.75. The van der Waals surface area contributed by atoms with Crippen molar-refractivity contribution in [2.45, 2.75) is 12.5 Å². The van der Waals surface area contributed by atoms with Crippen LogP contribution in [0, 0.1) is 5.92 Å². The summed E-state index contributed by atoms with van der Waals surface area (Å²) in [6, 6.07) is 4.79. The summed E-state index contributed by atoms with van der Waals surface area (Å²) in [6.07, 6.45) is 0.285. The molecule has 2 fully saturated rings. The number of benzene rings is 1. The van der Waals surface area contributed by atoms with Crippen LogP contribution in [-0.2, 0) is 14.6 Å². The molecular formula is C13H14ClNO4S. The van der Waals surface area contributed by atoms with E-state index in [-0.39, 0.29) is 35.8 Å². The van der Waals surface area contributed by atoms with E-state index in [4.69, 9.17) is 16.3 Å². The van der Waals surface area contributed by atoms with Gasteiger partial charge in [0.15, 0.2) is 9.84 Å². The highest BCUT2D eigenvalue weighted by Crippen LogP contribution is 2.39. The number of hydrogen-bond donors (Lipinski definition) is 0. The third-order valence-corrected chi connectivity index (χ3v) is 5.97. The second kappa shape index (κ2) is 4.63. The predicted octanol–water partition coefficient (Wildman–Crippen LogP) is 1.50. The number of amides is 1. The summed E-state index contributed by atoms with van der Waals surface area (Å²) in [4.78, 5) is 13.7. The lowest BCUT2D eigenvalue weighted by atomic mass is 10.0. The molecule has 1 aromatic carbocycles. The number of hydrogen-bond acceptors (Lipinski definition) is 4. The molecule has 1 aromatic rings. The molecule has 2 aliphatic heterocycles. The molecule has 3 rings (SSSR count). The predicted molar refractivity (Wildman–Crippen MR) is 76.0 cm³/mol. The van der Waals surface area contributed by atoms with Crippen molar-refractivity contribution in [3.05, 3.63) is 23.2 Å². The lowest BCUT2D eigenvalue weighted by Crippen LogP contribution is -2.36. The molecule has 0 spiro atoms. The largest absolute Gasteiger partial charge is 0.495 e. The zero-order valence-electron chi connectivity index (χ0n) is 10.9. The van der Waals surface area contributed by atoms with Crippen LogP contribution >= 0.6 is 11.6 Å². The Balaban J connectivity index is 1.97. The summed E-state index contributed by atoms with van der Waals surface area (Å²) in [5.41, 5.74) is 0.630. The topological polar surface area (TPSA) is 63.7 Å². The quantitative estimate of drug-likeness (QED) is 0.829. The van der Waals surface area contributed by atoms with E-state index in [0.717, 1.165) is 0 Å². The van der Waals surface area contributed by atoms with Gasteiger partial charge in [-0.25, -0.2) is 8.42 Å². The molecule has 1 amide bonds. The summed E-state index contributed by atoms with van der Waals surface area (Å²) in [7, 11) is -1.53. The second-order valence-electron chi connectivity index (χ2n) is 5.19. The van der Waals surface area contributed by atoms with Crippen molar-refractivity contribution in [3.63, 3.8) is 0 Å². The van der Waals surface area contributed by atoms with Gasteiger partial charge in [0, 0.05) is 18.0 Å². The summed E-state index contributed by atoms with van der Waals surface area (Å²) in [5, 5.41) is 0.405. The van der Waals surface area contributed by atoms with Gasteiger partial charge in [0.2, 0.25) is 5.91 Å². The number of anilines is 1. The van der Waals surface area contributed by atoms with E-state index in [1.165, 1.54) is 7.11 Å². The van der Waals surface area contributed by atoms with Crippen LogP contribution in [0.5, 0.6) is 5.75 Å². The molecule has 2 aliphatic rings. The zero-order valence-corrected chi connectivity index (χ0v) is 12.4. The van der Waals surface area contributed by atoms with Gasteiger partial charge in [0.05, 0.1) is 29.7 Å². The Morgan fingerprint density at radius 1 is 1.35 bits per heavy atom. The number of halogens is 1. The Morgan fingerprint density at radius 2 is 2.10 bits per heavy atom. The van der Waals surface area contributed by atoms with Gasteiger partial charge >= 0.3 is 0 Å². The Bertz CT molecular complexity index is 673. The molecule has 0 bridgehead atoms. The molecular weight excluding hydrogens is 302 g/mol. The molecule has 7 heteroatoms. The normalized spacial score (nSPS) is 27.7. The first-order valence-corrected chi connectivity index (χ1v) is 8.47. The molecule has 0 aromatic heterocycles. The van der Waals surface area contributed by atoms with Crippen molar-refractivity contribution in [2.24, 2.45) is 5.92 Å². The molecule has 20 heavy (non-hydrogen) atoms. The first kappa shape index (κ1) is 13.7. The number of sulfone groups is 1. The molecule has 0 unspecified atom stereocenters. The van der Waals surface area contributed by atoms with Crippen molar-refractivity contribution in [1.29, 1.82) is 0 Å². The fourth-order valence-corrected chi connectivity index (χ4v) is 5.35. The van der Waals surface area contributed by atoms with Crippen molar-refractivity contribution in [1.82, 2.24) is 0 Å². The van der Waals surface area contributed by atoms with E-state index in [1.54, 1.807) is 23.1 Å². The van der Waals surface area contributed by atoms with Crippen molar-refractivity contribution in [2.75, 3.05) is 23.5 Å². The average molecular weight is 316 g/mol. The standard InChI is InChI=1S/C13H14ClNO4S/c1-19-12-3-2-9(5-10(12)14)15-11-7-20(17,18)6-8(11)4-13(15)16/h2-3,5,8,11H,4,6-7H2,1H3/t8-,11+/m0/s1. The number of rotatable bonds is 2. The number of nitrogens with zero attached hydrogens (tertiary/aromatic N) is 1. The van der Waals surface area contributed by atoms with Crippen LogP contribution < -0.4 is 9.64 Å². The van der Waals surface area contributed by atoms with Crippen LogP contribution in [0.4, 0.5) is 5.69 Å². The Morgan fingerprint density at radius 3 is 2.75 bits per heavy atom. The van der Waals surface area contributed by atoms with Crippen LogP contribution in [-0.4, -0.2) is 39.0 Å². The van der Waals surface area contributed by atoms with Crippen LogP contribution in [0.1, 0.15) is 6.42 Å². The fraction of sp³-hybridized carbons (Fsp3) is 0.462. The van der Waals surface area contributed by atoms with Crippen molar-refractivity contribution >= 4 is 33.0 Å². The van der Waals surface area contributed by atoms with E-state index in [1.807, 2.05) is 0 Å². The molecule has 0 saturated carbocycles. The molecule has 108 valence electrons. The van der Waals surface area contributed by atoms with Gasteiger partial charge in [-0.2, -0.15) is 0 Å². The highest BCUT2D eigenvalue weighted by atomic mass is 35.5. The van der Waals surface area contributed by atoms with E-state index in [9.17, 15) is 13.2 Å². The monoisotopic (exact) mass is 315 g/mol. The maximum atomic E-state index is 12.1. The molecule has 2 atom stereocenters. The minimum absolute atomic E-state index is 0.0348. The smallest absolute Gasteiger partial charge is 0.227 e. The van der Waals surface area contributed by atoms with Gasteiger partial charge < -0.3 is 9.64 Å². The van der Waals surface area contributed by atoms with Crippen LogP contribution in [0.25, 0.3) is 0 Å². The van der Waals surface area contributed by atoms with Gasteiger partial charge in [-0.3, -0.25) is 4.79 Å². The highest BCUT2D eigenvalue weighted by molar-refractivity contribution is 7.91. The number of ether oxygens (including phenoxy) is 1. The molecule has 2 heterocycles. The van der Waals surface area contributed by atoms with Crippen LogP contribution in [0.2, 0.25) is 5.02 Å². The minimum Gasteiger partial charge on any atom is -0.495 e. The third-order valence-electron chi connectivity index (χ3n) is 3.89. The molecule has 0 N–H and O–H groups in total. The summed E-state index contributed by atoms with van der Waals surface area (Å²) in [5.74, 6) is 0.513. The van der Waals surface area contributed by atoms with Crippen molar-refractivity contribution in [3.8, 4) is 5.75 Å². The lowest BCUT2D eigenvalue weighted by molar-refractivity contribution is -0.117. The highest BCUT2D eigenvalue weighted by Gasteiger charge is 2.49. The average Bonchev–Trinajstić information content (AvgIpc) is 2.79. The number of methoxy groups -OCH3 is 1.